The number of amides is 2. The highest BCUT2D eigenvalue weighted by Crippen LogP contribution is 2.28. The zero-order valence-corrected chi connectivity index (χ0v) is 24.2. The third-order valence-corrected chi connectivity index (χ3v) is 8.31. The standard InChI is InChI=1S/C31H39N3O4S/c1-6-27-15-10-11-18-29(27)34(39(37,38)28-16-8-7-9-17-28)22-30(35)33(21-26-14-12-13-24(4)19-26)25(5)31(36)32-20-23(2)3/h7-19,23,25H,6,20-22H2,1-5H3,(H,32,36). The van der Waals surface area contributed by atoms with E-state index >= 15 is 0 Å². The van der Waals surface area contributed by atoms with Crippen LogP contribution in [-0.2, 0) is 32.6 Å². The Morgan fingerprint density at radius 3 is 2.21 bits per heavy atom. The molecule has 208 valence electrons. The number of hydrogen-bond acceptors (Lipinski definition) is 4. The molecule has 0 radical (unpaired) electrons. The highest BCUT2D eigenvalue weighted by atomic mass is 32.2. The number of nitrogens with one attached hydrogen (secondary N) is 1. The number of hydrogen-bond donors (Lipinski definition) is 1. The predicted molar refractivity (Wildman–Crippen MR) is 156 cm³/mol. The summed E-state index contributed by atoms with van der Waals surface area (Å²) in [7, 11) is -4.08. The van der Waals surface area contributed by atoms with Crippen molar-refractivity contribution in [2.45, 2.75) is 58.5 Å². The average molecular weight is 550 g/mol. The Kier molecular flexibility index (Phi) is 10.3. The van der Waals surface area contributed by atoms with Gasteiger partial charge in [-0.25, -0.2) is 8.42 Å². The molecule has 8 heteroatoms. The monoisotopic (exact) mass is 549 g/mol. The minimum Gasteiger partial charge on any atom is -0.354 e. The molecule has 0 heterocycles. The molecule has 3 aromatic carbocycles. The molecule has 2 amide bonds. The Morgan fingerprint density at radius 1 is 0.897 bits per heavy atom. The SMILES string of the molecule is CCc1ccccc1N(CC(=O)N(Cc1cccc(C)c1)C(C)C(=O)NCC(C)C)S(=O)(=O)c1ccccc1. The van der Waals surface area contributed by atoms with Crippen molar-refractivity contribution in [3.05, 3.63) is 95.6 Å². The van der Waals surface area contributed by atoms with Crippen molar-refractivity contribution >= 4 is 27.5 Å². The Morgan fingerprint density at radius 2 is 1.56 bits per heavy atom. The van der Waals surface area contributed by atoms with Crippen LogP contribution < -0.4 is 9.62 Å². The van der Waals surface area contributed by atoms with Crippen molar-refractivity contribution in [1.29, 1.82) is 0 Å². The molecule has 7 nitrogen and oxygen atoms in total. The van der Waals surface area contributed by atoms with E-state index in [4.69, 9.17) is 0 Å². The van der Waals surface area contributed by atoms with Gasteiger partial charge in [0.25, 0.3) is 10.0 Å². The van der Waals surface area contributed by atoms with Crippen LogP contribution >= 0.6 is 0 Å². The number of para-hydroxylation sites is 1. The minimum atomic E-state index is -4.08. The number of carbonyl (C=O) groups is 2. The summed E-state index contributed by atoms with van der Waals surface area (Å²) < 4.78 is 29.0. The van der Waals surface area contributed by atoms with E-state index in [9.17, 15) is 18.0 Å². The lowest BCUT2D eigenvalue weighted by Crippen LogP contribution is -2.51. The van der Waals surface area contributed by atoms with Gasteiger partial charge in [0.15, 0.2) is 0 Å². The lowest BCUT2D eigenvalue weighted by atomic mass is 10.1. The number of benzene rings is 3. The fraction of sp³-hybridized carbons (Fsp3) is 0.355. The molecule has 0 aliphatic heterocycles. The molecule has 1 N–H and O–H groups in total. The van der Waals surface area contributed by atoms with Gasteiger partial charge in [0.05, 0.1) is 10.6 Å². The smallest absolute Gasteiger partial charge is 0.264 e. The lowest BCUT2D eigenvalue weighted by Gasteiger charge is -2.32. The fourth-order valence-corrected chi connectivity index (χ4v) is 5.80. The van der Waals surface area contributed by atoms with Gasteiger partial charge in [-0.2, -0.15) is 0 Å². The maximum absolute atomic E-state index is 14.0. The first kappa shape index (κ1) is 29.9. The molecule has 0 saturated heterocycles. The first-order valence-electron chi connectivity index (χ1n) is 13.3. The van der Waals surface area contributed by atoms with Crippen LogP contribution in [0.25, 0.3) is 0 Å². The predicted octanol–water partition coefficient (Wildman–Crippen LogP) is 4.94. The summed E-state index contributed by atoms with van der Waals surface area (Å²) in [5.41, 5.74) is 3.14. The second-order valence-corrected chi connectivity index (χ2v) is 12.0. The Balaban J connectivity index is 2.04. The third-order valence-electron chi connectivity index (χ3n) is 6.54. The molecule has 0 aliphatic carbocycles. The van der Waals surface area contributed by atoms with Crippen LogP contribution in [-0.4, -0.2) is 44.3 Å². The van der Waals surface area contributed by atoms with Crippen LogP contribution in [0.4, 0.5) is 5.69 Å². The largest absolute Gasteiger partial charge is 0.354 e. The molecular weight excluding hydrogens is 510 g/mol. The second-order valence-electron chi connectivity index (χ2n) is 10.1. The summed E-state index contributed by atoms with van der Waals surface area (Å²) in [5, 5.41) is 2.91. The highest BCUT2D eigenvalue weighted by Gasteiger charge is 2.33. The summed E-state index contributed by atoms with van der Waals surface area (Å²) in [5.74, 6) is -0.496. The van der Waals surface area contributed by atoms with Gasteiger partial charge in [0, 0.05) is 13.1 Å². The van der Waals surface area contributed by atoms with E-state index in [0.717, 1.165) is 16.7 Å². The maximum atomic E-state index is 14.0. The summed E-state index contributed by atoms with van der Waals surface area (Å²) >= 11 is 0. The molecule has 39 heavy (non-hydrogen) atoms. The van der Waals surface area contributed by atoms with Crippen molar-refractivity contribution in [1.82, 2.24) is 10.2 Å². The van der Waals surface area contributed by atoms with Crippen molar-refractivity contribution in [3.8, 4) is 0 Å². The van der Waals surface area contributed by atoms with Crippen LogP contribution in [0.1, 0.15) is 44.4 Å². The molecule has 0 aliphatic rings. The molecular formula is C31H39N3O4S. The second kappa shape index (κ2) is 13.4. The molecule has 0 aromatic heterocycles. The first-order chi connectivity index (χ1) is 18.5. The minimum absolute atomic E-state index is 0.0941. The van der Waals surface area contributed by atoms with Crippen molar-refractivity contribution in [3.63, 3.8) is 0 Å². The van der Waals surface area contributed by atoms with Crippen LogP contribution in [0.5, 0.6) is 0 Å². The molecule has 0 spiro atoms. The highest BCUT2D eigenvalue weighted by molar-refractivity contribution is 7.92. The Hall–Kier alpha value is -3.65. The number of anilines is 1. The summed E-state index contributed by atoms with van der Waals surface area (Å²) in [6.07, 6.45) is 0.589. The molecule has 1 unspecified atom stereocenters. The van der Waals surface area contributed by atoms with E-state index in [-0.39, 0.29) is 23.3 Å². The van der Waals surface area contributed by atoms with Gasteiger partial charge in [-0.3, -0.25) is 13.9 Å². The number of carbonyl (C=O) groups excluding carboxylic acids is 2. The van der Waals surface area contributed by atoms with Gasteiger partial charge in [0.1, 0.15) is 12.6 Å². The average Bonchev–Trinajstić information content (AvgIpc) is 2.93. The quantitative estimate of drug-likeness (QED) is 0.347. The zero-order chi connectivity index (χ0) is 28.6. The molecule has 3 rings (SSSR count). The molecule has 1 atom stereocenters. The number of sulfonamides is 1. The van der Waals surface area contributed by atoms with Crippen molar-refractivity contribution < 1.29 is 18.0 Å². The fourth-order valence-electron chi connectivity index (χ4n) is 4.33. The third kappa shape index (κ3) is 7.69. The van der Waals surface area contributed by atoms with Crippen LogP contribution in [0.15, 0.2) is 83.8 Å². The summed E-state index contributed by atoms with van der Waals surface area (Å²) in [6.45, 7) is 9.79. The van der Waals surface area contributed by atoms with E-state index in [0.29, 0.717) is 18.7 Å². The van der Waals surface area contributed by atoms with Crippen LogP contribution in [0, 0.1) is 12.8 Å². The van der Waals surface area contributed by atoms with Gasteiger partial charge in [-0.1, -0.05) is 87.0 Å². The van der Waals surface area contributed by atoms with E-state index in [1.807, 2.05) is 64.1 Å². The summed E-state index contributed by atoms with van der Waals surface area (Å²) in [4.78, 5) is 28.7. The Labute approximate surface area is 232 Å². The summed E-state index contributed by atoms with van der Waals surface area (Å²) in [6, 6.07) is 22.2. The van der Waals surface area contributed by atoms with E-state index in [2.05, 4.69) is 5.32 Å². The number of nitrogens with zero attached hydrogens (tertiary/aromatic N) is 2. The van der Waals surface area contributed by atoms with Crippen LogP contribution in [0.2, 0.25) is 0 Å². The van der Waals surface area contributed by atoms with Crippen LogP contribution in [0.3, 0.4) is 0 Å². The molecule has 3 aromatic rings. The Bertz CT molecular complexity index is 1370. The first-order valence-corrected chi connectivity index (χ1v) is 14.8. The van der Waals surface area contributed by atoms with Crippen molar-refractivity contribution in [2.75, 3.05) is 17.4 Å². The topological polar surface area (TPSA) is 86.8 Å². The van der Waals surface area contributed by atoms with E-state index < -0.39 is 28.5 Å². The molecule has 0 fully saturated rings. The maximum Gasteiger partial charge on any atom is 0.264 e. The molecule has 0 saturated carbocycles. The molecule has 0 bridgehead atoms. The van der Waals surface area contributed by atoms with Gasteiger partial charge in [-0.05, 0) is 55.5 Å². The van der Waals surface area contributed by atoms with E-state index in [1.165, 1.54) is 21.3 Å². The lowest BCUT2D eigenvalue weighted by molar-refractivity contribution is -0.139. The van der Waals surface area contributed by atoms with Gasteiger partial charge < -0.3 is 10.2 Å². The van der Waals surface area contributed by atoms with E-state index in [1.54, 1.807) is 37.3 Å². The number of aryl methyl sites for hydroxylation is 2. The van der Waals surface area contributed by atoms with Crippen molar-refractivity contribution in [2.24, 2.45) is 5.92 Å². The van der Waals surface area contributed by atoms with Gasteiger partial charge >= 0.3 is 0 Å². The van der Waals surface area contributed by atoms with Gasteiger partial charge in [0.2, 0.25) is 11.8 Å². The number of rotatable bonds is 12. The van der Waals surface area contributed by atoms with Gasteiger partial charge in [-0.15, -0.1) is 0 Å². The zero-order valence-electron chi connectivity index (χ0n) is 23.4. The normalized spacial score (nSPS) is 12.2.